The number of hydrogen-bond donors (Lipinski definition) is 0. The summed E-state index contributed by atoms with van der Waals surface area (Å²) in [5, 5.41) is 0.905. The fourth-order valence-electron chi connectivity index (χ4n) is 3.25. The third-order valence-corrected chi connectivity index (χ3v) is 5.78. The number of piperidine rings is 1. The third kappa shape index (κ3) is 3.70. The van der Waals surface area contributed by atoms with E-state index in [1.165, 1.54) is 56.1 Å². The normalized spacial score (nSPS) is 23.1. The zero-order valence-corrected chi connectivity index (χ0v) is 13.5. The molecule has 3 rings (SSSR count). The second-order valence-electron chi connectivity index (χ2n) is 5.75. The molecule has 1 aromatic rings. The lowest BCUT2D eigenvalue weighted by atomic mass is 10.0. The minimum Gasteiger partial charge on any atom is -0.299 e. The SMILES string of the molecule is Clc1ccccc1CN1CCC(N2CCSCC2)CC1. The maximum atomic E-state index is 6.26. The molecular weight excluding hydrogens is 288 g/mol. The molecule has 2 aliphatic rings. The molecule has 0 atom stereocenters. The van der Waals surface area contributed by atoms with Gasteiger partial charge in [-0.25, -0.2) is 0 Å². The van der Waals surface area contributed by atoms with Crippen LogP contribution in [-0.2, 0) is 6.54 Å². The fraction of sp³-hybridized carbons (Fsp3) is 0.625. The van der Waals surface area contributed by atoms with Crippen molar-refractivity contribution in [2.45, 2.75) is 25.4 Å². The van der Waals surface area contributed by atoms with E-state index < -0.39 is 0 Å². The predicted octanol–water partition coefficient (Wildman–Crippen LogP) is 3.35. The Kier molecular flexibility index (Phi) is 5.27. The Labute approximate surface area is 131 Å². The average Bonchev–Trinajstić information content (AvgIpc) is 2.51. The van der Waals surface area contributed by atoms with Crippen LogP contribution in [0.15, 0.2) is 24.3 Å². The van der Waals surface area contributed by atoms with E-state index in [1.807, 2.05) is 12.1 Å². The highest BCUT2D eigenvalue weighted by atomic mass is 35.5. The third-order valence-electron chi connectivity index (χ3n) is 4.47. The minimum atomic E-state index is 0.818. The largest absolute Gasteiger partial charge is 0.299 e. The van der Waals surface area contributed by atoms with Crippen LogP contribution in [0, 0.1) is 0 Å². The molecule has 2 aliphatic heterocycles. The molecule has 110 valence electrons. The van der Waals surface area contributed by atoms with E-state index in [-0.39, 0.29) is 0 Å². The van der Waals surface area contributed by atoms with Gasteiger partial charge in [0.25, 0.3) is 0 Å². The molecule has 0 aromatic heterocycles. The molecule has 0 saturated carbocycles. The number of benzene rings is 1. The van der Waals surface area contributed by atoms with Gasteiger partial charge < -0.3 is 0 Å². The number of thioether (sulfide) groups is 1. The summed E-state index contributed by atoms with van der Waals surface area (Å²) in [6, 6.07) is 9.05. The molecule has 0 aliphatic carbocycles. The van der Waals surface area contributed by atoms with Crippen LogP contribution in [0.5, 0.6) is 0 Å². The zero-order chi connectivity index (χ0) is 13.8. The van der Waals surface area contributed by atoms with Gasteiger partial charge in [0.1, 0.15) is 0 Å². The molecule has 20 heavy (non-hydrogen) atoms. The molecule has 4 heteroatoms. The van der Waals surface area contributed by atoms with Crippen LogP contribution >= 0.6 is 23.4 Å². The van der Waals surface area contributed by atoms with Gasteiger partial charge in [-0.05, 0) is 37.6 Å². The first kappa shape index (κ1) is 14.7. The van der Waals surface area contributed by atoms with Gasteiger partial charge in [0.2, 0.25) is 0 Å². The van der Waals surface area contributed by atoms with Crippen LogP contribution in [0.2, 0.25) is 5.02 Å². The van der Waals surface area contributed by atoms with Crippen molar-refractivity contribution < 1.29 is 0 Å². The Balaban J connectivity index is 1.50. The van der Waals surface area contributed by atoms with Crippen molar-refractivity contribution in [2.75, 3.05) is 37.7 Å². The highest BCUT2D eigenvalue weighted by molar-refractivity contribution is 7.99. The molecule has 0 unspecified atom stereocenters. The van der Waals surface area contributed by atoms with Gasteiger partial charge in [-0.3, -0.25) is 9.80 Å². The molecule has 2 fully saturated rings. The Morgan fingerprint density at radius 1 is 1.05 bits per heavy atom. The van der Waals surface area contributed by atoms with Crippen molar-refractivity contribution in [3.05, 3.63) is 34.9 Å². The van der Waals surface area contributed by atoms with Crippen LogP contribution in [0.4, 0.5) is 0 Å². The van der Waals surface area contributed by atoms with Crippen molar-refractivity contribution in [1.82, 2.24) is 9.80 Å². The lowest BCUT2D eigenvalue weighted by Gasteiger charge is -2.40. The zero-order valence-electron chi connectivity index (χ0n) is 11.9. The topological polar surface area (TPSA) is 6.48 Å². The Morgan fingerprint density at radius 2 is 1.75 bits per heavy atom. The number of halogens is 1. The summed E-state index contributed by atoms with van der Waals surface area (Å²) in [6.45, 7) is 6.00. The highest BCUT2D eigenvalue weighted by Crippen LogP contribution is 2.23. The monoisotopic (exact) mass is 310 g/mol. The summed E-state index contributed by atoms with van der Waals surface area (Å²) in [7, 11) is 0. The molecule has 0 radical (unpaired) electrons. The van der Waals surface area contributed by atoms with Crippen LogP contribution in [0.25, 0.3) is 0 Å². The number of hydrogen-bond acceptors (Lipinski definition) is 3. The van der Waals surface area contributed by atoms with Crippen molar-refractivity contribution >= 4 is 23.4 Å². The van der Waals surface area contributed by atoms with Gasteiger partial charge in [0.15, 0.2) is 0 Å². The van der Waals surface area contributed by atoms with Gasteiger partial charge in [-0.15, -0.1) is 0 Å². The number of likely N-dealkylation sites (tertiary alicyclic amines) is 1. The minimum absolute atomic E-state index is 0.818. The van der Waals surface area contributed by atoms with E-state index in [2.05, 4.69) is 33.7 Å². The van der Waals surface area contributed by atoms with Gasteiger partial charge in [-0.1, -0.05) is 29.8 Å². The van der Waals surface area contributed by atoms with E-state index in [4.69, 9.17) is 11.6 Å². The smallest absolute Gasteiger partial charge is 0.0451 e. The molecule has 2 heterocycles. The molecular formula is C16H23ClN2S. The van der Waals surface area contributed by atoms with Crippen molar-refractivity contribution in [3.8, 4) is 0 Å². The first-order valence-electron chi connectivity index (χ1n) is 7.60. The quantitative estimate of drug-likeness (QED) is 0.845. The van der Waals surface area contributed by atoms with E-state index in [9.17, 15) is 0 Å². The second-order valence-corrected chi connectivity index (χ2v) is 7.38. The molecule has 1 aromatic carbocycles. The number of rotatable bonds is 3. The molecule has 0 spiro atoms. The maximum absolute atomic E-state index is 6.26. The van der Waals surface area contributed by atoms with E-state index in [0.29, 0.717) is 0 Å². The van der Waals surface area contributed by atoms with Gasteiger partial charge >= 0.3 is 0 Å². The van der Waals surface area contributed by atoms with E-state index in [0.717, 1.165) is 17.6 Å². The van der Waals surface area contributed by atoms with Crippen LogP contribution < -0.4 is 0 Å². The van der Waals surface area contributed by atoms with Gasteiger partial charge in [0.05, 0.1) is 0 Å². The Bertz CT molecular complexity index is 426. The molecule has 2 saturated heterocycles. The van der Waals surface area contributed by atoms with Gasteiger partial charge in [-0.2, -0.15) is 11.8 Å². The van der Waals surface area contributed by atoms with Crippen molar-refractivity contribution in [2.24, 2.45) is 0 Å². The second kappa shape index (κ2) is 7.17. The standard InChI is InChI=1S/C16H23ClN2S/c17-16-4-2-1-3-14(16)13-18-7-5-15(6-8-18)19-9-11-20-12-10-19/h1-4,15H,5-13H2. The van der Waals surface area contributed by atoms with E-state index in [1.54, 1.807) is 0 Å². The number of nitrogens with zero attached hydrogens (tertiary/aromatic N) is 2. The highest BCUT2D eigenvalue weighted by Gasteiger charge is 2.25. The summed E-state index contributed by atoms with van der Waals surface area (Å²) in [5.74, 6) is 2.64. The van der Waals surface area contributed by atoms with Crippen molar-refractivity contribution in [3.63, 3.8) is 0 Å². The first-order valence-corrected chi connectivity index (χ1v) is 9.14. The first-order chi connectivity index (χ1) is 9.83. The van der Waals surface area contributed by atoms with Crippen LogP contribution in [0.3, 0.4) is 0 Å². The summed E-state index contributed by atoms with van der Waals surface area (Å²) in [6.07, 6.45) is 2.63. The average molecular weight is 311 g/mol. The van der Waals surface area contributed by atoms with Crippen LogP contribution in [0.1, 0.15) is 18.4 Å². The molecule has 0 N–H and O–H groups in total. The predicted molar refractivity (Wildman–Crippen MR) is 88.6 cm³/mol. The maximum Gasteiger partial charge on any atom is 0.0451 e. The molecule has 0 bridgehead atoms. The summed E-state index contributed by atoms with van der Waals surface area (Å²) >= 11 is 8.36. The molecule has 2 nitrogen and oxygen atoms in total. The summed E-state index contributed by atoms with van der Waals surface area (Å²) in [5.41, 5.74) is 1.27. The van der Waals surface area contributed by atoms with Gasteiger partial charge in [0, 0.05) is 42.2 Å². The Hall–Kier alpha value is -0.220. The van der Waals surface area contributed by atoms with Crippen molar-refractivity contribution in [1.29, 1.82) is 0 Å². The van der Waals surface area contributed by atoms with Crippen LogP contribution in [-0.4, -0.2) is 53.5 Å². The Morgan fingerprint density at radius 3 is 2.45 bits per heavy atom. The molecule has 0 amide bonds. The summed E-state index contributed by atoms with van der Waals surface area (Å²) in [4.78, 5) is 5.26. The lowest BCUT2D eigenvalue weighted by molar-refractivity contribution is 0.112. The van der Waals surface area contributed by atoms with E-state index >= 15 is 0 Å². The summed E-state index contributed by atoms with van der Waals surface area (Å²) < 4.78 is 0. The fourth-order valence-corrected chi connectivity index (χ4v) is 4.38. The lowest BCUT2D eigenvalue weighted by Crippen LogP contribution is -2.47.